The Morgan fingerprint density at radius 3 is 2.93 bits per heavy atom. The minimum atomic E-state index is 0.602. The van der Waals surface area contributed by atoms with Gasteiger partial charge in [0.15, 0.2) is 5.65 Å². The van der Waals surface area contributed by atoms with Gasteiger partial charge >= 0.3 is 0 Å². The number of thiazole rings is 1. The van der Waals surface area contributed by atoms with Crippen molar-refractivity contribution < 1.29 is 0 Å². The van der Waals surface area contributed by atoms with Gasteiger partial charge < -0.3 is 0 Å². The minimum Gasteiger partial charge on any atom is -0.245 e. The van der Waals surface area contributed by atoms with Gasteiger partial charge in [-0.25, -0.2) is 4.98 Å². The second kappa shape index (κ2) is 6.46. The second-order valence-electron chi connectivity index (χ2n) is 5.75. The number of nitrogens with zero attached hydrogens (tertiary/aromatic N) is 6. The Kier molecular flexibility index (Phi) is 3.81. The Labute approximate surface area is 162 Å². The summed E-state index contributed by atoms with van der Waals surface area (Å²) in [6.45, 7) is 0. The normalized spacial score (nSPS) is 11.1. The molecular weight excluding hydrogens is 376 g/mol. The summed E-state index contributed by atoms with van der Waals surface area (Å²) >= 11 is 3.12. The molecule has 0 aliphatic heterocycles. The molecule has 0 saturated heterocycles. The molecule has 5 aromatic rings. The first-order valence-electron chi connectivity index (χ1n) is 8.04. The van der Waals surface area contributed by atoms with E-state index in [0.29, 0.717) is 16.4 Å². The predicted octanol–water partition coefficient (Wildman–Crippen LogP) is 4.42. The first kappa shape index (κ1) is 15.9. The van der Waals surface area contributed by atoms with E-state index < -0.39 is 0 Å². The Bertz CT molecular complexity index is 1330. The molecule has 2 aromatic carbocycles. The summed E-state index contributed by atoms with van der Waals surface area (Å²) in [6.07, 6.45) is 0. The average molecular weight is 386 g/mol. The van der Waals surface area contributed by atoms with Crippen molar-refractivity contribution in [2.75, 3.05) is 0 Å². The number of fused-ring (bicyclic) bond motifs is 2. The molecule has 0 aliphatic rings. The summed E-state index contributed by atoms with van der Waals surface area (Å²) in [5.74, 6) is 0. The lowest BCUT2D eigenvalue weighted by atomic mass is 10.1. The van der Waals surface area contributed by atoms with E-state index in [1.54, 1.807) is 21.9 Å². The molecule has 3 heterocycles. The average Bonchev–Trinajstić information content (AvgIpc) is 3.34. The summed E-state index contributed by atoms with van der Waals surface area (Å²) < 4.78 is 2.87. The van der Waals surface area contributed by atoms with Gasteiger partial charge in [-0.2, -0.15) is 14.9 Å². The molecule has 0 aliphatic carbocycles. The summed E-state index contributed by atoms with van der Waals surface area (Å²) in [5, 5.41) is 23.0. The molecule has 0 radical (unpaired) electrons. The largest absolute Gasteiger partial charge is 0.245 e. The molecule has 27 heavy (non-hydrogen) atoms. The van der Waals surface area contributed by atoms with Crippen molar-refractivity contribution in [1.29, 1.82) is 5.26 Å². The first-order chi connectivity index (χ1) is 13.3. The molecular formula is C19H10N6S2. The fourth-order valence-corrected chi connectivity index (χ4v) is 4.36. The van der Waals surface area contributed by atoms with Crippen LogP contribution in [-0.4, -0.2) is 24.8 Å². The minimum absolute atomic E-state index is 0.602. The van der Waals surface area contributed by atoms with Gasteiger partial charge in [-0.05, 0) is 54.2 Å². The van der Waals surface area contributed by atoms with Crippen molar-refractivity contribution in [3.05, 3.63) is 65.7 Å². The SMILES string of the molecule is N#Cc1cccc(-c2ccc3nnc(Sc4ccc5ncsc5c4)n3n2)c1. The third-order valence-corrected chi connectivity index (χ3v) is 5.75. The zero-order valence-corrected chi connectivity index (χ0v) is 15.4. The molecule has 6 nitrogen and oxygen atoms in total. The van der Waals surface area contributed by atoms with Crippen LogP contribution in [0.3, 0.4) is 0 Å². The van der Waals surface area contributed by atoms with Gasteiger partial charge in [0, 0.05) is 10.5 Å². The first-order valence-corrected chi connectivity index (χ1v) is 9.74. The van der Waals surface area contributed by atoms with Crippen LogP contribution in [0.4, 0.5) is 0 Å². The lowest BCUT2D eigenvalue weighted by Gasteiger charge is -2.04. The molecule has 0 spiro atoms. The standard InChI is InChI=1S/C19H10N6S2/c20-10-12-2-1-3-13(8-12)15-6-7-18-22-23-19(25(18)24-15)27-14-4-5-16-17(9-14)26-11-21-16/h1-9,11H. The van der Waals surface area contributed by atoms with Crippen LogP contribution in [0.15, 0.2) is 70.2 Å². The van der Waals surface area contributed by atoms with Crippen molar-refractivity contribution in [3.8, 4) is 17.3 Å². The van der Waals surface area contributed by atoms with E-state index in [4.69, 9.17) is 5.26 Å². The summed E-state index contributed by atoms with van der Waals surface area (Å²) in [4.78, 5) is 5.36. The Balaban J connectivity index is 1.55. The maximum absolute atomic E-state index is 9.11. The zero-order valence-electron chi connectivity index (χ0n) is 13.8. The van der Waals surface area contributed by atoms with Gasteiger partial charge in [-0.1, -0.05) is 12.1 Å². The fourth-order valence-electron chi connectivity index (χ4n) is 2.74. The monoisotopic (exact) mass is 386 g/mol. The topological polar surface area (TPSA) is 79.8 Å². The van der Waals surface area contributed by atoms with Crippen LogP contribution in [0.2, 0.25) is 0 Å². The number of nitriles is 1. The highest BCUT2D eigenvalue weighted by Crippen LogP contribution is 2.30. The maximum Gasteiger partial charge on any atom is 0.217 e. The van der Waals surface area contributed by atoms with Gasteiger partial charge in [-0.3, -0.25) is 0 Å². The Morgan fingerprint density at radius 1 is 1.04 bits per heavy atom. The van der Waals surface area contributed by atoms with Crippen molar-refractivity contribution >= 4 is 39.0 Å². The van der Waals surface area contributed by atoms with E-state index >= 15 is 0 Å². The number of rotatable bonds is 3. The molecule has 5 rings (SSSR count). The van der Waals surface area contributed by atoms with Crippen LogP contribution >= 0.6 is 23.1 Å². The number of hydrogen-bond donors (Lipinski definition) is 0. The van der Waals surface area contributed by atoms with Crippen molar-refractivity contribution in [3.63, 3.8) is 0 Å². The van der Waals surface area contributed by atoms with Crippen molar-refractivity contribution in [2.24, 2.45) is 0 Å². The van der Waals surface area contributed by atoms with Crippen molar-refractivity contribution in [1.82, 2.24) is 24.8 Å². The van der Waals surface area contributed by atoms with Gasteiger partial charge in [0.1, 0.15) is 0 Å². The van der Waals surface area contributed by atoms with Gasteiger partial charge in [-0.15, -0.1) is 21.5 Å². The van der Waals surface area contributed by atoms with E-state index in [1.165, 1.54) is 11.8 Å². The number of benzene rings is 2. The molecule has 0 N–H and O–H groups in total. The van der Waals surface area contributed by atoms with Crippen LogP contribution < -0.4 is 0 Å². The maximum atomic E-state index is 9.11. The summed E-state index contributed by atoms with van der Waals surface area (Å²) in [7, 11) is 0. The number of aromatic nitrogens is 5. The highest BCUT2D eigenvalue weighted by Gasteiger charge is 2.11. The molecule has 0 saturated carbocycles. The molecule has 128 valence electrons. The van der Waals surface area contributed by atoms with E-state index in [2.05, 4.69) is 32.4 Å². The molecule has 0 amide bonds. The van der Waals surface area contributed by atoms with Gasteiger partial charge in [0.25, 0.3) is 0 Å². The highest BCUT2D eigenvalue weighted by molar-refractivity contribution is 7.99. The predicted molar refractivity (Wildman–Crippen MR) is 105 cm³/mol. The quantitative estimate of drug-likeness (QED) is 0.456. The Hall–Kier alpha value is -3.28. The van der Waals surface area contributed by atoms with Crippen LogP contribution in [0.25, 0.3) is 27.1 Å². The molecule has 3 aromatic heterocycles. The molecule has 0 bridgehead atoms. The molecule has 8 heteroatoms. The molecule has 0 unspecified atom stereocenters. The van der Waals surface area contributed by atoms with E-state index in [0.717, 1.165) is 26.4 Å². The van der Waals surface area contributed by atoms with Crippen LogP contribution in [0.1, 0.15) is 5.56 Å². The summed E-state index contributed by atoms with van der Waals surface area (Å²) in [5.41, 5.74) is 5.76. The van der Waals surface area contributed by atoms with Gasteiger partial charge in [0.05, 0.1) is 33.1 Å². The third kappa shape index (κ3) is 2.93. The van der Waals surface area contributed by atoms with E-state index in [-0.39, 0.29) is 0 Å². The zero-order chi connectivity index (χ0) is 18.2. The summed E-state index contributed by atoms with van der Waals surface area (Å²) in [6, 6.07) is 19.4. The fraction of sp³-hybridized carbons (Fsp3) is 0. The third-order valence-electron chi connectivity index (χ3n) is 4.03. The van der Waals surface area contributed by atoms with Gasteiger partial charge in [0.2, 0.25) is 5.16 Å². The second-order valence-corrected chi connectivity index (χ2v) is 7.67. The van der Waals surface area contributed by atoms with E-state index in [9.17, 15) is 0 Å². The lowest BCUT2D eigenvalue weighted by molar-refractivity contribution is 0.813. The van der Waals surface area contributed by atoms with Crippen molar-refractivity contribution in [2.45, 2.75) is 10.1 Å². The van der Waals surface area contributed by atoms with Crippen LogP contribution in [0.5, 0.6) is 0 Å². The highest BCUT2D eigenvalue weighted by atomic mass is 32.2. The molecule has 0 atom stereocenters. The lowest BCUT2D eigenvalue weighted by Crippen LogP contribution is -1.96. The molecule has 0 fully saturated rings. The van der Waals surface area contributed by atoms with Crippen LogP contribution in [0, 0.1) is 11.3 Å². The van der Waals surface area contributed by atoms with E-state index in [1.807, 2.05) is 48.0 Å². The Morgan fingerprint density at radius 2 is 2.00 bits per heavy atom. The number of hydrogen-bond acceptors (Lipinski definition) is 7. The van der Waals surface area contributed by atoms with Crippen LogP contribution in [-0.2, 0) is 0 Å². The smallest absolute Gasteiger partial charge is 0.217 e.